The van der Waals surface area contributed by atoms with Gasteiger partial charge in [0.15, 0.2) is 0 Å². The summed E-state index contributed by atoms with van der Waals surface area (Å²) in [5.41, 5.74) is 0.711. The third-order valence-electron chi connectivity index (χ3n) is 1.71. The molecule has 1 rings (SSSR count). The van der Waals surface area contributed by atoms with E-state index in [1.54, 1.807) is 18.1 Å². The van der Waals surface area contributed by atoms with Crippen LogP contribution >= 0.6 is 0 Å². The minimum Gasteiger partial charge on any atom is -0.318 e. The topological polar surface area (TPSA) is 20.3 Å². The molecule has 0 aromatic heterocycles. The molecule has 0 N–H and O–H groups in total. The highest BCUT2D eigenvalue weighted by atomic mass is 16.2. The lowest BCUT2D eigenvalue weighted by atomic mass is 10.2. The van der Waals surface area contributed by atoms with E-state index in [2.05, 4.69) is 0 Å². The first-order valence-corrected chi connectivity index (χ1v) is 4.20. The van der Waals surface area contributed by atoms with Crippen molar-refractivity contribution in [1.29, 1.82) is 0 Å². The summed E-state index contributed by atoms with van der Waals surface area (Å²) in [5.74, 6) is 0.0127. The second-order valence-corrected chi connectivity index (χ2v) is 2.76. The first-order chi connectivity index (χ1) is 6.25. The molecule has 0 saturated carbocycles. The van der Waals surface area contributed by atoms with E-state index >= 15 is 0 Å². The Labute approximate surface area is 78.5 Å². The smallest absolute Gasteiger partial charge is 0.257 e. The minimum absolute atomic E-state index is 0.0127. The maximum atomic E-state index is 11.6. The Hall–Kier alpha value is -1.57. The number of carbonyl (C=O) groups excluding carboxylic acids is 1. The molecule has 0 aliphatic carbocycles. The van der Waals surface area contributed by atoms with E-state index < -0.39 is 0 Å². The van der Waals surface area contributed by atoms with Gasteiger partial charge in [0.2, 0.25) is 0 Å². The van der Waals surface area contributed by atoms with Crippen molar-refractivity contribution >= 4 is 5.91 Å². The molecule has 0 aliphatic heterocycles. The SMILES string of the molecule is CC=CN(C)C(=O)c1ccccc1. The molecular weight excluding hydrogens is 162 g/mol. The van der Waals surface area contributed by atoms with E-state index in [0.717, 1.165) is 0 Å². The summed E-state index contributed by atoms with van der Waals surface area (Å²) in [6.07, 6.45) is 3.58. The summed E-state index contributed by atoms with van der Waals surface area (Å²) in [4.78, 5) is 13.2. The highest BCUT2D eigenvalue weighted by Crippen LogP contribution is 2.02. The number of hydrogen-bond acceptors (Lipinski definition) is 1. The fourth-order valence-electron chi connectivity index (χ4n) is 1.08. The second kappa shape index (κ2) is 4.45. The fraction of sp³-hybridized carbons (Fsp3) is 0.182. The molecular formula is C11H13NO. The molecule has 0 aliphatic rings. The molecule has 0 saturated heterocycles. The number of nitrogens with zero attached hydrogens (tertiary/aromatic N) is 1. The minimum atomic E-state index is 0.0127. The van der Waals surface area contributed by atoms with Gasteiger partial charge >= 0.3 is 0 Å². The van der Waals surface area contributed by atoms with Crippen molar-refractivity contribution in [3.8, 4) is 0 Å². The maximum Gasteiger partial charge on any atom is 0.257 e. The van der Waals surface area contributed by atoms with Gasteiger partial charge in [-0.3, -0.25) is 4.79 Å². The lowest BCUT2D eigenvalue weighted by molar-refractivity contribution is 0.0850. The largest absolute Gasteiger partial charge is 0.318 e. The molecule has 0 unspecified atom stereocenters. The van der Waals surface area contributed by atoms with Gasteiger partial charge in [-0.2, -0.15) is 0 Å². The van der Waals surface area contributed by atoms with Crippen LogP contribution < -0.4 is 0 Å². The van der Waals surface area contributed by atoms with Gasteiger partial charge in [0.05, 0.1) is 0 Å². The predicted molar refractivity (Wildman–Crippen MR) is 53.3 cm³/mol. The van der Waals surface area contributed by atoms with Gasteiger partial charge in [0.25, 0.3) is 5.91 Å². The van der Waals surface area contributed by atoms with E-state index in [0.29, 0.717) is 5.56 Å². The molecule has 2 heteroatoms. The van der Waals surface area contributed by atoms with Gasteiger partial charge < -0.3 is 4.90 Å². The third kappa shape index (κ3) is 2.44. The van der Waals surface area contributed by atoms with Crippen LogP contribution in [-0.2, 0) is 0 Å². The molecule has 0 atom stereocenters. The van der Waals surface area contributed by atoms with Crippen molar-refractivity contribution in [3.05, 3.63) is 48.2 Å². The van der Waals surface area contributed by atoms with Crippen molar-refractivity contribution in [1.82, 2.24) is 4.90 Å². The fourth-order valence-corrected chi connectivity index (χ4v) is 1.08. The molecule has 68 valence electrons. The Morgan fingerprint density at radius 1 is 1.31 bits per heavy atom. The molecule has 0 radical (unpaired) electrons. The molecule has 0 bridgehead atoms. The van der Waals surface area contributed by atoms with Crippen molar-refractivity contribution < 1.29 is 4.79 Å². The first kappa shape index (κ1) is 9.52. The summed E-state index contributed by atoms with van der Waals surface area (Å²) in [6, 6.07) is 9.23. The lowest BCUT2D eigenvalue weighted by Crippen LogP contribution is -2.20. The van der Waals surface area contributed by atoms with E-state index in [9.17, 15) is 4.79 Å². The van der Waals surface area contributed by atoms with Crippen LogP contribution in [0.3, 0.4) is 0 Å². The standard InChI is InChI=1S/C11H13NO/c1-3-9-12(2)11(13)10-7-5-4-6-8-10/h3-9H,1-2H3. The van der Waals surface area contributed by atoms with Crippen LogP contribution in [0.4, 0.5) is 0 Å². The average molecular weight is 175 g/mol. The van der Waals surface area contributed by atoms with Gasteiger partial charge in [0.1, 0.15) is 0 Å². The van der Waals surface area contributed by atoms with Gasteiger partial charge in [-0.25, -0.2) is 0 Å². The highest BCUT2D eigenvalue weighted by Gasteiger charge is 2.06. The van der Waals surface area contributed by atoms with Crippen LogP contribution in [0.15, 0.2) is 42.6 Å². The summed E-state index contributed by atoms with van der Waals surface area (Å²) in [7, 11) is 1.75. The highest BCUT2D eigenvalue weighted by molar-refractivity contribution is 5.94. The molecule has 0 spiro atoms. The van der Waals surface area contributed by atoms with Crippen LogP contribution in [0, 0.1) is 0 Å². The third-order valence-corrected chi connectivity index (χ3v) is 1.71. The van der Waals surface area contributed by atoms with Gasteiger partial charge in [0, 0.05) is 18.8 Å². The summed E-state index contributed by atoms with van der Waals surface area (Å²) >= 11 is 0. The Morgan fingerprint density at radius 2 is 1.92 bits per heavy atom. The molecule has 1 amide bonds. The second-order valence-electron chi connectivity index (χ2n) is 2.76. The zero-order valence-electron chi connectivity index (χ0n) is 7.90. The normalized spacial score (nSPS) is 10.3. The Morgan fingerprint density at radius 3 is 2.46 bits per heavy atom. The van der Waals surface area contributed by atoms with Crippen LogP contribution in [0.25, 0.3) is 0 Å². The summed E-state index contributed by atoms with van der Waals surface area (Å²) in [5, 5.41) is 0. The quantitative estimate of drug-likeness (QED) is 0.675. The average Bonchev–Trinajstić information content (AvgIpc) is 2.18. The number of benzene rings is 1. The molecule has 2 nitrogen and oxygen atoms in total. The van der Waals surface area contributed by atoms with E-state index in [-0.39, 0.29) is 5.91 Å². The predicted octanol–water partition coefficient (Wildman–Crippen LogP) is 2.29. The zero-order chi connectivity index (χ0) is 9.68. The van der Waals surface area contributed by atoms with Crippen molar-refractivity contribution in [2.75, 3.05) is 7.05 Å². The molecule has 13 heavy (non-hydrogen) atoms. The van der Waals surface area contributed by atoms with Crippen molar-refractivity contribution in [2.45, 2.75) is 6.92 Å². The monoisotopic (exact) mass is 175 g/mol. The van der Waals surface area contributed by atoms with Gasteiger partial charge in [-0.15, -0.1) is 0 Å². The number of carbonyl (C=O) groups is 1. The van der Waals surface area contributed by atoms with Crippen LogP contribution in [0.2, 0.25) is 0 Å². The van der Waals surface area contributed by atoms with Crippen molar-refractivity contribution in [2.24, 2.45) is 0 Å². The zero-order valence-corrected chi connectivity index (χ0v) is 7.90. The van der Waals surface area contributed by atoms with E-state index in [4.69, 9.17) is 0 Å². The maximum absolute atomic E-state index is 11.6. The number of hydrogen-bond donors (Lipinski definition) is 0. The van der Waals surface area contributed by atoms with Crippen LogP contribution in [0.1, 0.15) is 17.3 Å². The van der Waals surface area contributed by atoms with Crippen LogP contribution in [-0.4, -0.2) is 17.9 Å². The molecule has 1 aromatic rings. The van der Waals surface area contributed by atoms with E-state index in [1.165, 1.54) is 0 Å². The first-order valence-electron chi connectivity index (χ1n) is 4.20. The molecule has 1 aromatic carbocycles. The summed E-state index contributed by atoms with van der Waals surface area (Å²) in [6.45, 7) is 1.88. The number of allylic oxidation sites excluding steroid dienone is 1. The van der Waals surface area contributed by atoms with Gasteiger partial charge in [-0.05, 0) is 19.1 Å². The van der Waals surface area contributed by atoms with E-state index in [1.807, 2.05) is 43.3 Å². The Balaban J connectivity index is 2.80. The number of amides is 1. The van der Waals surface area contributed by atoms with Crippen molar-refractivity contribution in [3.63, 3.8) is 0 Å². The lowest BCUT2D eigenvalue weighted by Gasteiger charge is -2.10. The Bertz CT molecular complexity index is 303. The molecule has 0 heterocycles. The summed E-state index contributed by atoms with van der Waals surface area (Å²) < 4.78 is 0. The van der Waals surface area contributed by atoms with Crippen LogP contribution in [0.5, 0.6) is 0 Å². The Kier molecular flexibility index (Phi) is 3.26. The molecule has 0 fully saturated rings. The van der Waals surface area contributed by atoms with Gasteiger partial charge in [-0.1, -0.05) is 24.3 Å². The number of rotatable bonds is 2.